The van der Waals surface area contributed by atoms with Gasteiger partial charge in [-0.1, -0.05) is 85.8 Å². The van der Waals surface area contributed by atoms with E-state index in [2.05, 4.69) is 96.8 Å². The van der Waals surface area contributed by atoms with Gasteiger partial charge in [-0.25, -0.2) is 0 Å². The fraction of sp³-hybridized carbons (Fsp3) is 0.259. The number of hydrogen-bond donors (Lipinski definition) is 0. The number of likely N-dealkylation sites (N-methyl/N-ethyl adjacent to an activating group) is 1. The number of halogens is 1. The van der Waals surface area contributed by atoms with Crippen LogP contribution in [-0.2, 0) is 13.0 Å². The van der Waals surface area contributed by atoms with Crippen molar-refractivity contribution >= 4 is 18.5 Å². The third-order valence-electron chi connectivity index (χ3n) is 5.52. The molecule has 1 aliphatic rings. The van der Waals surface area contributed by atoms with E-state index in [1.165, 1.54) is 27.8 Å². The maximum atomic E-state index is 5.83. The summed E-state index contributed by atoms with van der Waals surface area (Å²) in [6.45, 7) is 5.98. The molecule has 0 unspecified atom stereocenters. The Labute approximate surface area is 186 Å². The summed E-state index contributed by atoms with van der Waals surface area (Å²) in [5, 5.41) is 0. The number of ether oxygens (including phenoxy) is 1. The van der Waals surface area contributed by atoms with Gasteiger partial charge in [-0.2, -0.15) is 0 Å². The molecule has 1 aliphatic heterocycles. The first-order valence-electron chi connectivity index (χ1n) is 10.6. The van der Waals surface area contributed by atoms with Gasteiger partial charge in [0.1, 0.15) is 5.75 Å². The lowest BCUT2D eigenvalue weighted by molar-refractivity contribution is 0.285. The summed E-state index contributed by atoms with van der Waals surface area (Å²) < 4.78 is 5.83. The average Bonchev–Trinajstić information content (AvgIpc) is 2.79. The van der Waals surface area contributed by atoms with Crippen molar-refractivity contribution in [2.24, 2.45) is 0 Å². The van der Waals surface area contributed by atoms with Crippen molar-refractivity contribution in [3.63, 3.8) is 0 Å². The van der Waals surface area contributed by atoms with E-state index in [1.807, 2.05) is 0 Å². The van der Waals surface area contributed by atoms with Crippen molar-refractivity contribution < 1.29 is 4.74 Å². The zero-order chi connectivity index (χ0) is 19.9. The van der Waals surface area contributed by atoms with E-state index in [-0.39, 0.29) is 12.4 Å². The summed E-state index contributed by atoms with van der Waals surface area (Å²) in [4.78, 5) is 2.44. The molecule has 0 N–H and O–H groups in total. The monoisotopic (exact) mass is 419 g/mol. The fourth-order valence-electron chi connectivity index (χ4n) is 3.80. The molecule has 0 radical (unpaired) electrons. The predicted molar refractivity (Wildman–Crippen MR) is 129 cm³/mol. The van der Waals surface area contributed by atoms with Crippen LogP contribution in [0.1, 0.15) is 30.0 Å². The fourth-order valence-corrected chi connectivity index (χ4v) is 3.80. The second-order valence-corrected chi connectivity index (χ2v) is 7.61. The molecule has 0 atom stereocenters. The molecule has 1 heterocycles. The standard InChI is InChI=1S/C27H29NO.ClH/c1-2-28(21-23-14-17-26-11-7-19-29-27(26)20-23)18-6-8-22-12-15-25(16-13-22)24-9-4-3-5-10-24;/h3-6,8-10,12-17,20H,2,7,11,18-19,21H2,1H3;1H/b8-6+;. The highest BCUT2D eigenvalue weighted by atomic mass is 35.5. The van der Waals surface area contributed by atoms with Crippen molar-refractivity contribution in [2.45, 2.75) is 26.3 Å². The Balaban J connectivity index is 0.00000256. The third kappa shape index (κ3) is 5.75. The summed E-state index contributed by atoms with van der Waals surface area (Å²) in [6.07, 6.45) is 6.74. The van der Waals surface area contributed by atoms with Crippen LogP contribution in [0.5, 0.6) is 5.75 Å². The van der Waals surface area contributed by atoms with Gasteiger partial charge in [0.15, 0.2) is 0 Å². The van der Waals surface area contributed by atoms with Crippen LogP contribution in [0.3, 0.4) is 0 Å². The lowest BCUT2D eigenvalue weighted by atomic mass is 10.0. The van der Waals surface area contributed by atoms with E-state index in [1.54, 1.807) is 0 Å². The Morgan fingerprint density at radius 2 is 1.70 bits per heavy atom. The van der Waals surface area contributed by atoms with Crippen LogP contribution in [-0.4, -0.2) is 24.6 Å². The van der Waals surface area contributed by atoms with Crippen molar-refractivity contribution in [1.82, 2.24) is 4.90 Å². The molecule has 0 aromatic heterocycles. The highest BCUT2D eigenvalue weighted by Gasteiger charge is 2.11. The first kappa shape index (κ1) is 22.1. The number of nitrogens with zero attached hydrogens (tertiary/aromatic N) is 1. The lowest BCUT2D eigenvalue weighted by Crippen LogP contribution is -2.23. The molecule has 2 nitrogen and oxygen atoms in total. The SMILES string of the molecule is CCN(C/C=C/c1ccc(-c2ccccc2)cc1)Cc1ccc2c(c1)OCCC2.Cl. The Morgan fingerprint density at radius 3 is 2.47 bits per heavy atom. The smallest absolute Gasteiger partial charge is 0.122 e. The maximum absolute atomic E-state index is 5.83. The molecular weight excluding hydrogens is 390 g/mol. The first-order chi connectivity index (χ1) is 14.3. The maximum Gasteiger partial charge on any atom is 0.122 e. The topological polar surface area (TPSA) is 12.5 Å². The Hall–Kier alpha value is -2.55. The first-order valence-corrected chi connectivity index (χ1v) is 10.6. The molecule has 0 aliphatic carbocycles. The minimum Gasteiger partial charge on any atom is -0.493 e. The van der Waals surface area contributed by atoms with Gasteiger partial charge in [-0.05, 0) is 53.3 Å². The average molecular weight is 420 g/mol. The molecule has 0 spiro atoms. The van der Waals surface area contributed by atoms with Gasteiger partial charge in [-0.15, -0.1) is 12.4 Å². The minimum absolute atomic E-state index is 0. The highest BCUT2D eigenvalue weighted by Crippen LogP contribution is 2.26. The van der Waals surface area contributed by atoms with E-state index in [4.69, 9.17) is 4.74 Å². The molecule has 0 fully saturated rings. The summed E-state index contributed by atoms with van der Waals surface area (Å²) in [5.74, 6) is 1.08. The molecule has 0 amide bonds. The quantitative estimate of drug-likeness (QED) is 0.425. The zero-order valence-corrected chi connectivity index (χ0v) is 18.4. The number of aryl methyl sites for hydroxylation is 1. The van der Waals surface area contributed by atoms with Gasteiger partial charge in [0, 0.05) is 13.1 Å². The highest BCUT2D eigenvalue weighted by molar-refractivity contribution is 5.85. The van der Waals surface area contributed by atoms with Crippen LogP contribution in [0, 0.1) is 0 Å². The van der Waals surface area contributed by atoms with E-state index in [9.17, 15) is 0 Å². The molecule has 0 saturated heterocycles. The minimum atomic E-state index is 0. The summed E-state index contributed by atoms with van der Waals surface area (Å²) in [5.41, 5.74) is 6.43. The third-order valence-corrected chi connectivity index (χ3v) is 5.52. The molecule has 4 rings (SSSR count). The zero-order valence-electron chi connectivity index (χ0n) is 17.6. The van der Waals surface area contributed by atoms with Gasteiger partial charge >= 0.3 is 0 Å². The van der Waals surface area contributed by atoms with Crippen molar-refractivity contribution in [1.29, 1.82) is 0 Å². The van der Waals surface area contributed by atoms with E-state index < -0.39 is 0 Å². The van der Waals surface area contributed by atoms with Gasteiger partial charge in [-0.3, -0.25) is 4.90 Å². The summed E-state index contributed by atoms with van der Waals surface area (Å²) in [6, 6.07) is 26.0. The van der Waals surface area contributed by atoms with Crippen LogP contribution >= 0.6 is 12.4 Å². The molecule has 0 bridgehead atoms. The summed E-state index contributed by atoms with van der Waals surface area (Å²) >= 11 is 0. The van der Waals surface area contributed by atoms with Gasteiger partial charge < -0.3 is 4.74 Å². The number of fused-ring (bicyclic) bond motifs is 1. The van der Waals surface area contributed by atoms with E-state index >= 15 is 0 Å². The van der Waals surface area contributed by atoms with Crippen LogP contribution in [0.4, 0.5) is 0 Å². The van der Waals surface area contributed by atoms with Gasteiger partial charge in [0.05, 0.1) is 6.61 Å². The van der Waals surface area contributed by atoms with Crippen LogP contribution in [0.25, 0.3) is 17.2 Å². The van der Waals surface area contributed by atoms with Crippen molar-refractivity contribution in [3.05, 3.63) is 95.6 Å². The second-order valence-electron chi connectivity index (χ2n) is 7.61. The van der Waals surface area contributed by atoms with Crippen LogP contribution in [0.2, 0.25) is 0 Å². The summed E-state index contributed by atoms with van der Waals surface area (Å²) in [7, 11) is 0. The molecular formula is C27H30ClNO. The number of benzene rings is 3. The number of rotatable bonds is 7. The number of hydrogen-bond acceptors (Lipinski definition) is 2. The lowest BCUT2D eigenvalue weighted by Gasteiger charge is -2.21. The Morgan fingerprint density at radius 1 is 0.933 bits per heavy atom. The second kappa shape index (κ2) is 11.0. The van der Waals surface area contributed by atoms with Crippen LogP contribution in [0.15, 0.2) is 78.9 Å². The van der Waals surface area contributed by atoms with E-state index in [0.717, 1.165) is 44.8 Å². The normalized spacial score (nSPS) is 13.0. The molecule has 3 aromatic carbocycles. The molecule has 156 valence electrons. The van der Waals surface area contributed by atoms with Gasteiger partial charge in [0.25, 0.3) is 0 Å². The van der Waals surface area contributed by atoms with Crippen LogP contribution < -0.4 is 4.74 Å². The molecule has 3 heteroatoms. The molecule has 30 heavy (non-hydrogen) atoms. The Bertz CT molecular complexity index is 950. The molecule has 0 saturated carbocycles. The van der Waals surface area contributed by atoms with Crippen molar-refractivity contribution in [3.8, 4) is 16.9 Å². The Kier molecular flexibility index (Phi) is 8.12. The largest absolute Gasteiger partial charge is 0.493 e. The van der Waals surface area contributed by atoms with Crippen molar-refractivity contribution in [2.75, 3.05) is 19.7 Å². The molecule has 3 aromatic rings. The van der Waals surface area contributed by atoms with Gasteiger partial charge in [0.2, 0.25) is 0 Å². The predicted octanol–water partition coefficient (Wildman–Crippen LogP) is 6.64. The van der Waals surface area contributed by atoms with E-state index in [0.29, 0.717) is 0 Å².